The van der Waals surface area contributed by atoms with Crippen LogP contribution in [0.15, 0.2) is 77.7 Å². The highest BCUT2D eigenvalue weighted by Gasteiger charge is 2.35. The van der Waals surface area contributed by atoms with Crippen molar-refractivity contribution in [3.8, 4) is 16.9 Å². The molecule has 164 valence electrons. The second kappa shape index (κ2) is 8.31. The van der Waals surface area contributed by atoms with Crippen LogP contribution >= 0.6 is 0 Å². The fourth-order valence-corrected chi connectivity index (χ4v) is 6.05. The Balaban J connectivity index is 1.34. The molecule has 6 nitrogen and oxygen atoms in total. The van der Waals surface area contributed by atoms with Gasteiger partial charge in [0, 0.05) is 16.8 Å². The van der Waals surface area contributed by atoms with Crippen LogP contribution in [0.3, 0.4) is 0 Å². The van der Waals surface area contributed by atoms with Crippen molar-refractivity contribution in [2.45, 2.75) is 36.7 Å². The van der Waals surface area contributed by atoms with E-state index in [4.69, 9.17) is 4.74 Å². The van der Waals surface area contributed by atoms with Crippen molar-refractivity contribution in [2.24, 2.45) is 0 Å². The second-order valence-electron chi connectivity index (χ2n) is 8.12. The summed E-state index contributed by atoms with van der Waals surface area (Å²) in [5.41, 5.74) is 2.54. The second-order valence-corrected chi connectivity index (χ2v) is 9.95. The summed E-state index contributed by atoms with van der Waals surface area (Å²) in [6.07, 6.45) is 4.82. The van der Waals surface area contributed by atoms with Crippen molar-refractivity contribution >= 4 is 27.3 Å². The number of nitrogens with one attached hydrogen (secondary N) is 1. The van der Waals surface area contributed by atoms with Gasteiger partial charge in [-0.3, -0.25) is 9.10 Å². The molecule has 0 saturated heterocycles. The third-order valence-corrected chi connectivity index (χ3v) is 7.77. The van der Waals surface area contributed by atoms with Crippen LogP contribution < -0.4 is 14.4 Å². The molecule has 1 N–H and O–H groups in total. The summed E-state index contributed by atoms with van der Waals surface area (Å²) >= 11 is 0. The first-order chi connectivity index (χ1) is 15.5. The average molecular weight is 449 g/mol. The monoisotopic (exact) mass is 448 g/mol. The minimum atomic E-state index is -3.85. The zero-order chi connectivity index (χ0) is 22.1. The van der Waals surface area contributed by atoms with E-state index in [9.17, 15) is 13.2 Å². The van der Waals surface area contributed by atoms with E-state index in [2.05, 4.69) is 5.32 Å². The molecule has 0 unspecified atom stereocenters. The summed E-state index contributed by atoms with van der Waals surface area (Å²) < 4.78 is 33.7. The van der Waals surface area contributed by atoms with Crippen LogP contribution in [-0.2, 0) is 14.8 Å². The van der Waals surface area contributed by atoms with Crippen molar-refractivity contribution in [1.29, 1.82) is 0 Å². The fourth-order valence-electron chi connectivity index (χ4n) is 4.40. The zero-order valence-electron chi connectivity index (χ0n) is 17.5. The molecule has 5 rings (SSSR count). The molecule has 1 amide bonds. The normalized spacial score (nSPS) is 16.8. The molecule has 0 radical (unpaired) electrons. The Kier molecular flexibility index (Phi) is 5.35. The van der Waals surface area contributed by atoms with E-state index < -0.39 is 15.9 Å². The van der Waals surface area contributed by atoms with Crippen LogP contribution in [0.25, 0.3) is 11.1 Å². The molecule has 1 aliphatic heterocycles. The number of hydrogen-bond donors (Lipinski definition) is 1. The number of carbonyl (C=O) groups excluding carboxylic acids is 1. The third-order valence-electron chi connectivity index (χ3n) is 5.95. The molecular formula is C25H24N2O4S. The van der Waals surface area contributed by atoms with Crippen molar-refractivity contribution in [1.82, 2.24) is 0 Å². The molecular weight excluding hydrogens is 424 g/mol. The predicted molar refractivity (Wildman–Crippen MR) is 124 cm³/mol. The van der Waals surface area contributed by atoms with Gasteiger partial charge < -0.3 is 10.1 Å². The van der Waals surface area contributed by atoms with Crippen molar-refractivity contribution in [3.05, 3.63) is 72.8 Å². The summed E-state index contributed by atoms with van der Waals surface area (Å²) in [5.74, 6) is 0.367. The number of carbonyl (C=O) groups is 1. The molecule has 32 heavy (non-hydrogen) atoms. The summed E-state index contributed by atoms with van der Waals surface area (Å²) in [7, 11) is -3.85. The average Bonchev–Trinajstić information content (AvgIpc) is 3.31. The number of nitrogens with zero attached hydrogens (tertiary/aromatic N) is 1. The van der Waals surface area contributed by atoms with E-state index in [0.717, 1.165) is 24.2 Å². The topological polar surface area (TPSA) is 75.7 Å². The smallest absolute Gasteiger partial charge is 0.265 e. The lowest BCUT2D eigenvalue weighted by Gasteiger charge is -2.31. The lowest BCUT2D eigenvalue weighted by Crippen LogP contribution is -2.40. The van der Waals surface area contributed by atoms with Crippen molar-refractivity contribution in [3.63, 3.8) is 0 Å². The quantitative estimate of drug-likeness (QED) is 0.607. The molecule has 0 spiro atoms. The molecule has 1 aliphatic carbocycles. The number of ether oxygens (including phenoxy) is 1. The van der Waals surface area contributed by atoms with Gasteiger partial charge in [0.05, 0.1) is 16.7 Å². The summed E-state index contributed by atoms with van der Waals surface area (Å²) in [6.45, 7) is -0.312. The van der Waals surface area contributed by atoms with Gasteiger partial charge in [0.1, 0.15) is 12.3 Å². The lowest BCUT2D eigenvalue weighted by molar-refractivity contribution is -0.114. The van der Waals surface area contributed by atoms with E-state index >= 15 is 0 Å². The van der Waals surface area contributed by atoms with Crippen molar-refractivity contribution < 1.29 is 17.9 Å². The van der Waals surface area contributed by atoms with Crippen LogP contribution in [0.4, 0.5) is 11.4 Å². The Morgan fingerprint density at radius 3 is 2.31 bits per heavy atom. The molecule has 1 heterocycles. The van der Waals surface area contributed by atoms with Gasteiger partial charge in [-0.2, -0.15) is 0 Å². The zero-order valence-corrected chi connectivity index (χ0v) is 18.3. The first-order valence-corrected chi connectivity index (χ1v) is 12.2. The lowest BCUT2D eigenvalue weighted by atomic mass is 10.0. The number of sulfonamides is 1. The minimum Gasteiger partial charge on any atom is -0.490 e. The van der Waals surface area contributed by atoms with Crippen LogP contribution in [-0.4, -0.2) is 27.0 Å². The standard InChI is InChI=1S/C25H24N2O4S/c28-25(26-18-13-15-20(16-14-18)31-19-7-1-2-8-19)17-27-23-11-5-3-9-21(23)22-10-4-6-12-24(22)32(27,29)30/h3-6,9-16,19H,1-2,7-8,17H2,(H,26,28). The number of amides is 1. The van der Waals surface area contributed by atoms with Crippen molar-refractivity contribution in [2.75, 3.05) is 16.2 Å². The molecule has 0 bridgehead atoms. The largest absolute Gasteiger partial charge is 0.490 e. The number of benzene rings is 3. The van der Waals surface area contributed by atoms with Gasteiger partial charge in [0.25, 0.3) is 10.0 Å². The van der Waals surface area contributed by atoms with E-state index in [1.807, 2.05) is 30.3 Å². The number of para-hydroxylation sites is 1. The summed E-state index contributed by atoms with van der Waals surface area (Å²) in [6, 6.07) is 21.3. The molecule has 3 aromatic rings. The molecule has 3 aromatic carbocycles. The molecule has 0 aromatic heterocycles. The van der Waals surface area contributed by atoms with E-state index in [0.29, 0.717) is 16.9 Å². The van der Waals surface area contributed by atoms with E-state index in [-0.39, 0.29) is 17.5 Å². The van der Waals surface area contributed by atoms with Gasteiger partial charge in [-0.1, -0.05) is 36.4 Å². The van der Waals surface area contributed by atoms with E-state index in [1.54, 1.807) is 42.5 Å². The van der Waals surface area contributed by atoms with Gasteiger partial charge in [0.15, 0.2) is 0 Å². The Bertz CT molecular complexity index is 1250. The Morgan fingerprint density at radius 2 is 1.56 bits per heavy atom. The SMILES string of the molecule is O=C(CN1c2ccccc2-c2ccccc2S1(=O)=O)Nc1ccc(OC2CCCC2)cc1. The van der Waals surface area contributed by atoms with Crippen LogP contribution in [0, 0.1) is 0 Å². The Morgan fingerprint density at radius 1 is 0.906 bits per heavy atom. The Labute approximate surface area is 187 Å². The fraction of sp³-hybridized carbons (Fsp3) is 0.240. The Hall–Kier alpha value is -3.32. The van der Waals surface area contributed by atoms with Gasteiger partial charge in [-0.05, 0) is 62.1 Å². The molecule has 0 atom stereocenters. The molecule has 7 heteroatoms. The number of hydrogen-bond acceptors (Lipinski definition) is 4. The maximum absolute atomic E-state index is 13.3. The first-order valence-electron chi connectivity index (χ1n) is 10.8. The molecule has 1 fully saturated rings. The summed E-state index contributed by atoms with van der Waals surface area (Å²) in [4.78, 5) is 13.0. The number of fused-ring (bicyclic) bond motifs is 3. The van der Waals surface area contributed by atoms with Gasteiger partial charge in [0.2, 0.25) is 5.91 Å². The van der Waals surface area contributed by atoms with Gasteiger partial charge >= 0.3 is 0 Å². The highest BCUT2D eigenvalue weighted by atomic mass is 32.2. The van der Waals surface area contributed by atoms with Gasteiger partial charge in [-0.25, -0.2) is 8.42 Å². The number of anilines is 2. The highest BCUT2D eigenvalue weighted by molar-refractivity contribution is 7.93. The van der Waals surface area contributed by atoms with Crippen LogP contribution in [0.1, 0.15) is 25.7 Å². The van der Waals surface area contributed by atoms with Crippen LogP contribution in [0.2, 0.25) is 0 Å². The minimum absolute atomic E-state index is 0.208. The van der Waals surface area contributed by atoms with Crippen LogP contribution in [0.5, 0.6) is 5.75 Å². The van der Waals surface area contributed by atoms with Gasteiger partial charge in [-0.15, -0.1) is 0 Å². The van der Waals surface area contributed by atoms with E-state index in [1.165, 1.54) is 17.1 Å². The predicted octanol–water partition coefficient (Wildman–Crippen LogP) is 4.82. The number of rotatable bonds is 5. The molecule has 1 saturated carbocycles. The molecule has 2 aliphatic rings. The maximum atomic E-state index is 13.3. The summed E-state index contributed by atoms with van der Waals surface area (Å²) in [5, 5.41) is 2.80. The highest BCUT2D eigenvalue weighted by Crippen LogP contribution is 2.42. The third kappa shape index (κ3) is 3.84. The first kappa shape index (κ1) is 20.6. The maximum Gasteiger partial charge on any atom is 0.265 e.